The molecule has 0 amide bonds. The Balaban J connectivity index is 2.24. The fourth-order valence-electron chi connectivity index (χ4n) is 1.50. The van der Waals surface area contributed by atoms with Gasteiger partial charge in [-0.2, -0.15) is 11.8 Å². The summed E-state index contributed by atoms with van der Waals surface area (Å²) in [5.41, 5.74) is -0.429. The van der Waals surface area contributed by atoms with Crippen LogP contribution in [0.3, 0.4) is 0 Å². The first-order valence-electron chi connectivity index (χ1n) is 3.56. The third-order valence-corrected chi connectivity index (χ3v) is 3.48. The Morgan fingerprint density at radius 1 is 1.45 bits per heavy atom. The van der Waals surface area contributed by atoms with Crippen LogP contribution in [0.5, 0.6) is 0 Å². The highest BCUT2D eigenvalue weighted by molar-refractivity contribution is 7.99. The van der Waals surface area contributed by atoms with Crippen molar-refractivity contribution in [3.05, 3.63) is 0 Å². The SMILES string of the molecule is O=C1C[C@@]2(CCSC2)C(=O)O1. The molecule has 0 aromatic carbocycles. The molecule has 11 heavy (non-hydrogen) atoms. The van der Waals surface area contributed by atoms with Crippen LogP contribution in [0.15, 0.2) is 0 Å². The van der Waals surface area contributed by atoms with Gasteiger partial charge in [-0.05, 0) is 12.2 Å². The van der Waals surface area contributed by atoms with Crippen LogP contribution >= 0.6 is 11.8 Å². The van der Waals surface area contributed by atoms with E-state index in [0.717, 1.165) is 17.9 Å². The van der Waals surface area contributed by atoms with Crippen molar-refractivity contribution in [1.82, 2.24) is 0 Å². The number of cyclic esters (lactones) is 2. The number of ether oxygens (including phenoxy) is 1. The number of carbonyl (C=O) groups excluding carboxylic acids is 2. The Hall–Kier alpha value is -0.510. The van der Waals surface area contributed by atoms with Gasteiger partial charge in [0.2, 0.25) is 0 Å². The molecule has 2 heterocycles. The van der Waals surface area contributed by atoms with Crippen molar-refractivity contribution in [2.75, 3.05) is 11.5 Å². The number of thioether (sulfide) groups is 1. The van der Waals surface area contributed by atoms with Gasteiger partial charge >= 0.3 is 11.9 Å². The van der Waals surface area contributed by atoms with Gasteiger partial charge in [0, 0.05) is 5.75 Å². The first-order chi connectivity index (χ1) is 5.23. The lowest BCUT2D eigenvalue weighted by molar-refractivity contribution is -0.154. The second kappa shape index (κ2) is 2.24. The van der Waals surface area contributed by atoms with Crippen LogP contribution in [-0.2, 0) is 14.3 Å². The second-order valence-corrected chi connectivity index (χ2v) is 4.13. The van der Waals surface area contributed by atoms with E-state index in [1.165, 1.54) is 0 Å². The molecule has 1 spiro atoms. The highest BCUT2D eigenvalue weighted by Crippen LogP contribution is 2.43. The van der Waals surface area contributed by atoms with Gasteiger partial charge in [-0.1, -0.05) is 0 Å². The summed E-state index contributed by atoms with van der Waals surface area (Å²) in [6.45, 7) is 0. The third-order valence-electron chi connectivity index (χ3n) is 2.23. The quantitative estimate of drug-likeness (QED) is 0.396. The molecule has 0 aromatic heterocycles. The number of hydrogen-bond acceptors (Lipinski definition) is 4. The van der Waals surface area contributed by atoms with Gasteiger partial charge in [0.1, 0.15) is 0 Å². The molecule has 1 atom stereocenters. The van der Waals surface area contributed by atoms with E-state index < -0.39 is 5.41 Å². The molecule has 2 aliphatic rings. The smallest absolute Gasteiger partial charge is 0.321 e. The molecule has 0 aromatic rings. The van der Waals surface area contributed by atoms with Crippen molar-refractivity contribution in [2.24, 2.45) is 5.41 Å². The van der Waals surface area contributed by atoms with Crippen molar-refractivity contribution in [3.63, 3.8) is 0 Å². The molecule has 0 N–H and O–H groups in total. The summed E-state index contributed by atoms with van der Waals surface area (Å²) in [7, 11) is 0. The highest BCUT2D eigenvalue weighted by atomic mass is 32.2. The zero-order chi connectivity index (χ0) is 7.90. The van der Waals surface area contributed by atoms with E-state index in [1.807, 2.05) is 0 Å². The predicted molar refractivity (Wildman–Crippen MR) is 40.1 cm³/mol. The van der Waals surface area contributed by atoms with Gasteiger partial charge in [-0.25, -0.2) is 0 Å². The average molecular weight is 172 g/mol. The molecular formula is C7H8O3S. The molecule has 60 valence electrons. The molecule has 0 bridgehead atoms. The van der Waals surface area contributed by atoms with Crippen LogP contribution in [0.1, 0.15) is 12.8 Å². The highest BCUT2D eigenvalue weighted by Gasteiger charge is 2.50. The topological polar surface area (TPSA) is 43.4 Å². The molecule has 2 fully saturated rings. The van der Waals surface area contributed by atoms with Crippen LogP contribution in [0.2, 0.25) is 0 Å². The van der Waals surface area contributed by atoms with E-state index >= 15 is 0 Å². The standard InChI is InChI=1S/C7H8O3S/c8-5-3-7(6(9)10-5)1-2-11-4-7/h1-4H2/t7-/m1/s1. The zero-order valence-electron chi connectivity index (χ0n) is 5.96. The number of carbonyl (C=O) groups is 2. The van der Waals surface area contributed by atoms with Crippen molar-refractivity contribution in [3.8, 4) is 0 Å². The van der Waals surface area contributed by atoms with E-state index in [1.54, 1.807) is 11.8 Å². The maximum Gasteiger partial charge on any atom is 0.321 e. The van der Waals surface area contributed by atoms with Crippen LogP contribution in [0, 0.1) is 5.41 Å². The summed E-state index contributed by atoms with van der Waals surface area (Å²) in [4.78, 5) is 21.9. The van der Waals surface area contributed by atoms with E-state index in [2.05, 4.69) is 4.74 Å². The Bertz CT molecular complexity index is 218. The Kier molecular flexibility index (Phi) is 1.45. The molecule has 0 aliphatic carbocycles. The summed E-state index contributed by atoms with van der Waals surface area (Å²) in [6, 6.07) is 0. The summed E-state index contributed by atoms with van der Waals surface area (Å²) < 4.78 is 4.51. The van der Waals surface area contributed by atoms with E-state index in [0.29, 0.717) is 6.42 Å². The minimum absolute atomic E-state index is 0.299. The van der Waals surface area contributed by atoms with Gasteiger partial charge in [0.15, 0.2) is 0 Å². The molecular weight excluding hydrogens is 164 g/mol. The van der Waals surface area contributed by atoms with Gasteiger partial charge in [0.25, 0.3) is 0 Å². The summed E-state index contributed by atoms with van der Waals surface area (Å²) in [6.07, 6.45) is 1.11. The van der Waals surface area contributed by atoms with Crippen LogP contribution in [0.4, 0.5) is 0 Å². The Morgan fingerprint density at radius 3 is 2.73 bits per heavy atom. The van der Waals surface area contributed by atoms with Crippen molar-refractivity contribution in [2.45, 2.75) is 12.8 Å². The molecule has 0 saturated carbocycles. The van der Waals surface area contributed by atoms with Crippen molar-refractivity contribution >= 4 is 23.7 Å². The van der Waals surface area contributed by atoms with Gasteiger partial charge < -0.3 is 4.74 Å². The largest absolute Gasteiger partial charge is 0.393 e. The summed E-state index contributed by atoms with van der Waals surface area (Å²) in [5, 5.41) is 0. The maximum absolute atomic E-state index is 11.2. The summed E-state index contributed by atoms with van der Waals surface area (Å²) >= 11 is 1.72. The Labute approximate surface area is 68.5 Å². The zero-order valence-corrected chi connectivity index (χ0v) is 6.78. The lowest BCUT2D eigenvalue weighted by atomic mass is 9.86. The van der Waals surface area contributed by atoms with Crippen molar-refractivity contribution < 1.29 is 14.3 Å². The fourth-order valence-corrected chi connectivity index (χ4v) is 2.94. The third kappa shape index (κ3) is 0.965. The number of hydrogen-bond donors (Lipinski definition) is 0. The molecule has 4 heteroatoms. The van der Waals surface area contributed by atoms with Gasteiger partial charge in [0.05, 0.1) is 11.8 Å². The molecule has 2 rings (SSSR count). The predicted octanol–water partition coefficient (Wildman–Crippen LogP) is 0.583. The molecule has 0 unspecified atom stereocenters. The first kappa shape index (κ1) is 7.16. The molecule has 0 radical (unpaired) electrons. The average Bonchev–Trinajstić information content (AvgIpc) is 2.45. The Morgan fingerprint density at radius 2 is 2.27 bits per heavy atom. The van der Waals surface area contributed by atoms with Crippen LogP contribution in [0.25, 0.3) is 0 Å². The van der Waals surface area contributed by atoms with Gasteiger partial charge in [-0.15, -0.1) is 0 Å². The fraction of sp³-hybridized carbons (Fsp3) is 0.714. The molecule has 2 saturated heterocycles. The minimum Gasteiger partial charge on any atom is -0.393 e. The van der Waals surface area contributed by atoms with E-state index in [9.17, 15) is 9.59 Å². The minimum atomic E-state index is -0.429. The number of esters is 2. The first-order valence-corrected chi connectivity index (χ1v) is 4.71. The van der Waals surface area contributed by atoms with Crippen molar-refractivity contribution in [1.29, 1.82) is 0 Å². The van der Waals surface area contributed by atoms with Crippen LogP contribution < -0.4 is 0 Å². The lowest BCUT2D eigenvalue weighted by Gasteiger charge is -2.12. The van der Waals surface area contributed by atoms with E-state index in [-0.39, 0.29) is 11.9 Å². The normalized spacial score (nSPS) is 36.7. The van der Waals surface area contributed by atoms with Gasteiger partial charge in [-0.3, -0.25) is 9.59 Å². The summed E-state index contributed by atoms with van der Waals surface area (Å²) in [5.74, 6) is 1.09. The monoisotopic (exact) mass is 172 g/mol. The maximum atomic E-state index is 11.2. The van der Waals surface area contributed by atoms with E-state index in [4.69, 9.17) is 0 Å². The molecule has 3 nitrogen and oxygen atoms in total. The number of rotatable bonds is 0. The molecule has 2 aliphatic heterocycles. The second-order valence-electron chi connectivity index (χ2n) is 3.02. The lowest BCUT2D eigenvalue weighted by Crippen LogP contribution is -2.25. The van der Waals surface area contributed by atoms with Crippen LogP contribution in [-0.4, -0.2) is 23.4 Å².